The van der Waals surface area contributed by atoms with Gasteiger partial charge in [-0.15, -0.1) is 0 Å². The molecule has 0 N–H and O–H groups in total. The molecule has 0 aromatic heterocycles. The van der Waals surface area contributed by atoms with Gasteiger partial charge in [-0.25, -0.2) is 4.39 Å². The van der Waals surface area contributed by atoms with Gasteiger partial charge in [-0.1, -0.05) is 52.0 Å². The second kappa shape index (κ2) is 7.96. The van der Waals surface area contributed by atoms with Gasteiger partial charge in [0.25, 0.3) is 0 Å². The molecule has 0 aliphatic carbocycles. The highest BCUT2D eigenvalue weighted by atomic mass is 19.1. The van der Waals surface area contributed by atoms with Crippen molar-refractivity contribution in [3.63, 3.8) is 0 Å². The summed E-state index contributed by atoms with van der Waals surface area (Å²) in [5.41, 5.74) is 6.59. The van der Waals surface area contributed by atoms with E-state index in [0.29, 0.717) is 17.8 Å². The van der Waals surface area contributed by atoms with Crippen molar-refractivity contribution in [3.05, 3.63) is 70.0 Å². The molecule has 2 aromatic rings. The number of benzene rings is 2. The van der Waals surface area contributed by atoms with Gasteiger partial charge in [0.2, 0.25) is 0 Å². The van der Waals surface area contributed by atoms with E-state index in [-0.39, 0.29) is 5.82 Å². The van der Waals surface area contributed by atoms with Gasteiger partial charge in [0.15, 0.2) is 0 Å². The first-order chi connectivity index (χ1) is 11.3. The van der Waals surface area contributed by atoms with E-state index in [2.05, 4.69) is 59.7 Å². The zero-order valence-electron chi connectivity index (χ0n) is 16.0. The van der Waals surface area contributed by atoms with Gasteiger partial charge in [0, 0.05) is 0 Å². The molecule has 2 rings (SSSR count). The fourth-order valence-electron chi connectivity index (χ4n) is 3.55. The first-order valence-corrected chi connectivity index (χ1v) is 9.16. The number of halogens is 1. The maximum absolute atomic E-state index is 13.5. The number of aryl methyl sites for hydroxylation is 2. The quantitative estimate of drug-likeness (QED) is 0.524. The summed E-state index contributed by atoms with van der Waals surface area (Å²) in [7, 11) is 0. The Morgan fingerprint density at radius 2 is 1.33 bits per heavy atom. The summed E-state index contributed by atoms with van der Waals surface area (Å²) in [6.07, 6.45) is 2.20. The number of hydrogen-bond acceptors (Lipinski definition) is 0. The van der Waals surface area contributed by atoms with Gasteiger partial charge in [-0.3, -0.25) is 0 Å². The predicted molar refractivity (Wildman–Crippen MR) is 102 cm³/mol. The van der Waals surface area contributed by atoms with Gasteiger partial charge >= 0.3 is 0 Å². The van der Waals surface area contributed by atoms with Crippen LogP contribution < -0.4 is 0 Å². The van der Waals surface area contributed by atoms with Crippen molar-refractivity contribution in [1.82, 2.24) is 0 Å². The van der Waals surface area contributed by atoms with Crippen molar-refractivity contribution in [1.29, 1.82) is 0 Å². The van der Waals surface area contributed by atoms with E-state index < -0.39 is 0 Å². The summed E-state index contributed by atoms with van der Waals surface area (Å²) in [6.45, 7) is 13.3. The highest BCUT2D eigenvalue weighted by Crippen LogP contribution is 2.31. The summed E-state index contributed by atoms with van der Waals surface area (Å²) >= 11 is 0. The monoisotopic (exact) mass is 326 g/mol. The number of hydrogen-bond donors (Lipinski definition) is 0. The standard InChI is InChI=1S/C23H31F/c1-15(2)22-13-20(11-9-17(22)4)16(3)7-8-18(5)23-14-21(24)12-10-19(23)6/h9-16,18H,7-8H2,1-6H3. The average molecular weight is 326 g/mol. The second-order valence-corrected chi connectivity index (χ2v) is 7.65. The molecule has 0 aliphatic heterocycles. The van der Waals surface area contributed by atoms with E-state index >= 15 is 0 Å². The third-order valence-electron chi connectivity index (χ3n) is 5.30. The van der Waals surface area contributed by atoms with E-state index in [4.69, 9.17) is 0 Å². The van der Waals surface area contributed by atoms with E-state index in [1.165, 1.54) is 22.3 Å². The molecule has 2 atom stereocenters. The Hall–Kier alpha value is -1.63. The minimum Gasteiger partial charge on any atom is -0.207 e. The van der Waals surface area contributed by atoms with Gasteiger partial charge in [-0.2, -0.15) is 0 Å². The van der Waals surface area contributed by atoms with Crippen molar-refractivity contribution in [3.8, 4) is 0 Å². The average Bonchev–Trinajstić information content (AvgIpc) is 2.54. The summed E-state index contributed by atoms with van der Waals surface area (Å²) in [6, 6.07) is 12.0. The third-order valence-corrected chi connectivity index (χ3v) is 5.30. The van der Waals surface area contributed by atoms with Crippen LogP contribution in [0.5, 0.6) is 0 Å². The molecule has 130 valence electrons. The Labute approximate surface area is 147 Å². The summed E-state index contributed by atoms with van der Waals surface area (Å²) in [5.74, 6) is 1.35. The minimum atomic E-state index is -0.129. The Kier molecular flexibility index (Phi) is 6.21. The fourth-order valence-corrected chi connectivity index (χ4v) is 3.55. The molecular formula is C23H31F. The van der Waals surface area contributed by atoms with Crippen LogP contribution >= 0.6 is 0 Å². The molecular weight excluding hydrogens is 295 g/mol. The van der Waals surface area contributed by atoms with Gasteiger partial charge in [0.05, 0.1) is 0 Å². The molecule has 24 heavy (non-hydrogen) atoms. The van der Waals surface area contributed by atoms with Crippen molar-refractivity contribution in [2.45, 2.75) is 72.1 Å². The maximum atomic E-state index is 13.5. The molecule has 0 saturated carbocycles. The lowest BCUT2D eigenvalue weighted by Gasteiger charge is -2.20. The second-order valence-electron chi connectivity index (χ2n) is 7.65. The fraction of sp³-hybridized carbons (Fsp3) is 0.478. The van der Waals surface area contributed by atoms with Crippen molar-refractivity contribution in [2.24, 2.45) is 0 Å². The lowest BCUT2D eigenvalue weighted by molar-refractivity contribution is 0.565. The summed E-state index contributed by atoms with van der Waals surface area (Å²) < 4.78 is 13.5. The van der Waals surface area contributed by atoms with Crippen LogP contribution in [0.3, 0.4) is 0 Å². The molecule has 1 heteroatoms. The zero-order valence-corrected chi connectivity index (χ0v) is 16.0. The predicted octanol–water partition coefficient (Wildman–Crippen LogP) is 7.25. The molecule has 0 spiro atoms. The molecule has 0 heterocycles. The van der Waals surface area contributed by atoms with Crippen LogP contribution in [0, 0.1) is 19.7 Å². The molecule has 2 aromatic carbocycles. The third kappa shape index (κ3) is 4.47. The lowest BCUT2D eigenvalue weighted by atomic mass is 9.86. The van der Waals surface area contributed by atoms with Crippen molar-refractivity contribution >= 4 is 0 Å². The molecule has 0 bridgehead atoms. The van der Waals surface area contributed by atoms with E-state index in [1.807, 2.05) is 6.07 Å². The van der Waals surface area contributed by atoms with Crippen LogP contribution in [0.1, 0.15) is 86.1 Å². The highest BCUT2D eigenvalue weighted by Gasteiger charge is 2.14. The molecule has 2 unspecified atom stereocenters. The van der Waals surface area contributed by atoms with Crippen molar-refractivity contribution in [2.75, 3.05) is 0 Å². The minimum absolute atomic E-state index is 0.129. The Balaban J connectivity index is 2.06. The lowest BCUT2D eigenvalue weighted by Crippen LogP contribution is -2.02. The molecule has 0 saturated heterocycles. The molecule has 0 amide bonds. The van der Waals surface area contributed by atoms with E-state index in [9.17, 15) is 4.39 Å². The molecule has 0 fully saturated rings. The van der Waals surface area contributed by atoms with Crippen molar-refractivity contribution < 1.29 is 4.39 Å². The topological polar surface area (TPSA) is 0 Å². The van der Waals surface area contributed by atoms with Crippen LogP contribution in [-0.2, 0) is 0 Å². The molecule has 0 radical (unpaired) electrons. The van der Waals surface area contributed by atoms with Crippen LogP contribution in [0.2, 0.25) is 0 Å². The van der Waals surface area contributed by atoms with E-state index in [0.717, 1.165) is 18.4 Å². The smallest absolute Gasteiger partial charge is 0.123 e. The largest absolute Gasteiger partial charge is 0.207 e. The molecule has 0 aliphatic rings. The van der Waals surface area contributed by atoms with Crippen LogP contribution in [0.15, 0.2) is 36.4 Å². The molecule has 0 nitrogen and oxygen atoms in total. The normalized spacial score (nSPS) is 14.0. The Morgan fingerprint density at radius 1 is 0.750 bits per heavy atom. The van der Waals surface area contributed by atoms with Crippen LogP contribution in [-0.4, -0.2) is 0 Å². The SMILES string of the molecule is Cc1ccc(C(C)CCC(C)c2cc(F)ccc2C)cc1C(C)C. The summed E-state index contributed by atoms with van der Waals surface area (Å²) in [5, 5.41) is 0. The van der Waals surface area contributed by atoms with Crippen LogP contribution in [0.4, 0.5) is 4.39 Å². The summed E-state index contributed by atoms with van der Waals surface area (Å²) in [4.78, 5) is 0. The Bertz CT molecular complexity index is 684. The van der Waals surface area contributed by atoms with E-state index in [1.54, 1.807) is 12.1 Å². The Morgan fingerprint density at radius 3 is 2.00 bits per heavy atom. The highest BCUT2D eigenvalue weighted by molar-refractivity contribution is 5.35. The van der Waals surface area contributed by atoms with Gasteiger partial charge in [0.1, 0.15) is 5.82 Å². The maximum Gasteiger partial charge on any atom is 0.123 e. The van der Waals surface area contributed by atoms with Gasteiger partial charge in [-0.05, 0) is 84.4 Å². The number of rotatable bonds is 6. The first kappa shape index (κ1) is 18.7. The zero-order chi connectivity index (χ0) is 17.9. The first-order valence-electron chi connectivity index (χ1n) is 9.16. The van der Waals surface area contributed by atoms with Crippen LogP contribution in [0.25, 0.3) is 0 Å². The van der Waals surface area contributed by atoms with Gasteiger partial charge < -0.3 is 0 Å².